The number of benzene rings is 1. The predicted molar refractivity (Wildman–Crippen MR) is 80.0 cm³/mol. The Hall–Kier alpha value is -2.30. The molecule has 0 aliphatic carbocycles. The number of nitrogens with one attached hydrogen (secondary N) is 1. The van der Waals surface area contributed by atoms with Gasteiger partial charge in [-0.25, -0.2) is 4.79 Å². The Morgan fingerprint density at radius 2 is 1.86 bits per heavy atom. The highest BCUT2D eigenvalue weighted by Gasteiger charge is 2.15. The Kier molecular flexibility index (Phi) is 6.46. The van der Waals surface area contributed by atoms with E-state index in [9.17, 15) is 9.59 Å². The van der Waals surface area contributed by atoms with Gasteiger partial charge < -0.3 is 14.8 Å². The minimum atomic E-state index is -0.414. The Morgan fingerprint density at radius 1 is 1.24 bits per heavy atom. The van der Waals surface area contributed by atoms with Gasteiger partial charge in [0.2, 0.25) is 0 Å². The zero-order valence-corrected chi connectivity index (χ0v) is 12.8. The fourth-order valence-corrected chi connectivity index (χ4v) is 1.64. The third-order valence-electron chi connectivity index (χ3n) is 2.84. The third kappa shape index (κ3) is 4.95. The van der Waals surface area contributed by atoms with E-state index < -0.39 is 5.97 Å². The molecule has 0 saturated carbocycles. The summed E-state index contributed by atoms with van der Waals surface area (Å²) in [6.07, 6.45) is 1.41. The molecule has 114 valence electrons. The molecule has 5 nitrogen and oxygen atoms in total. The van der Waals surface area contributed by atoms with Crippen molar-refractivity contribution in [2.24, 2.45) is 5.92 Å². The van der Waals surface area contributed by atoms with Gasteiger partial charge in [-0.1, -0.05) is 13.8 Å². The monoisotopic (exact) mass is 291 g/mol. The van der Waals surface area contributed by atoms with Gasteiger partial charge in [-0.2, -0.15) is 0 Å². The lowest BCUT2D eigenvalue weighted by molar-refractivity contribution is -0.139. The highest BCUT2D eigenvalue weighted by molar-refractivity contribution is 5.96. The summed E-state index contributed by atoms with van der Waals surface area (Å²) in [5.41, 5.74) is 0.915. The van der Waals surface area contributed by atoms with Gasteiger partial charge in [-0.15, -0.1) is 0 Å². The Labute approximate surface area is 124 Å². The van der Waals surface area contributed by atoms with Crippen molar-refractivity contribution in [3.63, 3.8) is 0 Å². The van der Waals surface area contributed by atoms with Crippen LogP contribution in [0.5, 0.6) is 5.75 Å². The maximum absolute atomic E-state index is 12.0. The van der Waals surface area contributed by atoms with E-state index in [2.05, 4.69) is 5.32 Å². The first-order valence-corrected chi connectivity index (χ1v) is 6.81. The number of carbonyl (C=O) groups is 2. The normalized spacial score (nSPS) is 11.2. The average molecular weight is 291 g/mol. The number of hydrogen-bond donors (Lipinski definition) is 1. The average Bonchev–Trinajstić information content (AvgIpc) is 2.47. The zero-order chi connectivity index (χ0) is 15.8. The fraction of sp³-hybridized carbons (Fsp3) is 0.375. The summed E-state index contributed by atoms with van der Waals surface area (Å²) in [5.74, 6) is -0.0701. The van der Waals surface area contributed by atoms with Gasteiger partial charge in [0, 0.05) is 11.8 Å². The summed E-state index contributed by atoms with van der Waals surface area (Å²) in [4.78, 5) is 23.8. The molecule has 5 heteroatoms. The Bertz CT molecular complexity index is 518. The summed E-state index contributed by atoms with van der Waals surface area (Å²) in [6, 6.07) is 6.71. The van der Waals surface area contributed by atoms with Crippen LogP contribution in [0.4, 0.5) is 0 Å². The van der Waals surface area contributed by atoms with Crippen molar-refractivity contribution in [3.8, 4) is 5.75 Å². The highest BCUT2D eigenvalue weighted by Crippen LogP contribution is 2.13. The molecule has 1 N–H and O–H groups in total. The molecule has 0 aromatic heterocycles. The molecule has 0 heterocycles. The quantitative estimate of drug-likeness (QED) is 0.646. The van der Waals surface area contributed by atoms with Crippen molar-refractivity contribution in [1.29, 1.82) is 0 Å². The van der Waals surface area contributed by atoms with E-state index in [1.165, 1.54) is 6.20 Å². The van der Waals surface area contributed by atoms with Crippen LogP contribution in [0.15, 0.2) is 36.0 Å². The van der Waals surface area contributed by atoms with E-state index in [0.29, 0.717) is 23.5 Å². The van der Waals surface area contributed by atoms with Gasteiger partial charge >= 0.3 is 5.97 Å². The zero-order valence-electron chi connectivity index (χ0n) is 12.8. The number of methoxy groups -OCH3 is 1. The number of hydrogen-bond acceptors (Lipinski definition) is 4. The van der Waals surface area contributed by atoms with Crippen molar-refractivity contribution in [2.75, 3.05) is 13.7 Å². The van der Waals surface area contributed by atoms with Crippen molar-refractivity contribution < 1.29 is 19.1 Å². The molecule has 0 radical (unpaired) electrons. The highest BCUT2D eigenvalue weighted by atomic mass is 16.5. The lowest BCUT2D eigenvalue weighted by atomic mass is 10.0. The standard InChI is InChI=1S/C16H21NO4/c1-5-21-16(19)14(11(2)3)10-17-15(18)12-6-8-13(20-4)9-7-12/h6-11H,5H2,1-4H3,(H,17,18)/b14-10-. The molecule has 0 spiro atoms. The number of ether oxygens (including phenoxy) is 2. The van der Waals surface area contributed by atoms with Crippen LogP contribution in [0, 0.1) is 5.92 Å². The van der Waals surface area contributed by atoms with Crippen LogP contribution in [0.3, 0.4) is 0 Å². The maximum atomic E-state index is 12.0. The first-order chi connectivity index (χ1) is 9.99. The first kappa shape index (κ1) is 16.8. The van der Waals surface area contributed by atoms with Crippen LogP contribution in [0.25, 0.3) is 0 Å². The van der Waals surface area contributed by atoms with Gasteiger partial charge in [-0.05, 0) is 37.1 Å². The molecular weight excluding hydrogens is 270 g/mol. The third-order valence-corrected chi connectivity index (χ3v) is 2.84. The van der Waals surface area contributed by atoms with Crippen molar-refractivity contribution in [3.05, 3.63) is 41.6 Å². The van der Waals surface area contributed by atoms with E-state index in [1.54, 1.807) is 38.3 Å². The van der Waals surface area contributed by atoms with Gasteiger partial charge in [0.15, 0.2) is 0 Å². The molecule has 0 aliphatic rings. The number of esters is 1. The van der Waals surface area contributed by atoms with Crippen LogP contribution in [-0.4, -0.2) is 25.6 Å². The second kappa shape index (κ2) is 8.09. The second-order valence-electron chi connectivity index (χ2n) is 4.68. The van der Waals surface area contributed by atoms with Gasteiger partial charge in [0.25, 0.3) is 5.91 Å². The summed E-state index contributed by atoms with van der Waals surface area (Å²) in [7, 11) is 1.56. The Morgan fingerprint density at radius 3 is 2.33 bits per heavy atom. The molecule has 0 aliphatic heterocycles. The van der Waals surface area contributed by atoms with Crippen LogP contribution in [-0.2, 0) is 9.53 Å². The molecule has 0 atom stereocenters. The molecule has 0 saturated heterocycles. The summed E-state index contributed by atoms with van der Waals surface area (Å²) in [6.45, 7) is 5.77. The Balaban J connectivity index is 2.79. The summed E-state index contributed by atoms with van der Waals surface area (Å²) < 4.78 is 9.99. The smallest absolute Gasteiger partial charge is 0.335 e. The van der Waals surface area contributed by atoms with Crippen molar-refractivity contribution >= 4 is 11.9 Å². The predicted octanol–water partition coefficient (Wildman–Crippen LogP) is 2.53. The molecule has 1 rings (SSSR count). The van der Waals surface area contributed by atoms with Crippen molar-refractivity contribution in [2.45, 2.75) is 20.8 Å². The lowest BCUT2D eigenvalue weighted by Crippen LogP contribution is -2.21. The van der Waals surface area contributed by atoms with E-state index in [0.717, 1.165) is 0 Å². The first-order valence-electron chi connectivity index (χ1n) is 6.81. The van der Waals surface area contributed by atoms with Gasteiger partial charge in [-0.3, -0.25) is 4.79 Å². The number of rotatable bonds is 6. The molecule has 21 heavy (non-hydrogen) atoms. The fourth-order valence-electron chi connectivity index (χ4n) is 1.64. The topological polar surface area (TPSA) is 64.6 Å². The largest absolute Gasteiger partial charge is 0.497 e. The van der Waals surface area contributed by atoms with E-state index in [-0.39, 0.29) is 11.8 Å². The van der Waals surface area contributed by atoms with E-state index in [1.807, 2.05) is 13.8 Å². The molecule has 1 amide bonds. The molecule has 1 aromatic carbocycles. The summed E-state index contributed by atoms with van der Waals surface area (Å²) >= 11 is 0. The van der Waals surface area contributed by atoms with E-state index in [4.69, 9.17) is 9.47 Å². The molecule has 0 unspecified atom stereocenters. The minimum Gasteiger partial charge on any atom is -0.497 e. The maximum Gasteiger partial charge on any atom is 0.335 e. The van der Waals surface area contributed by atoms with Gasteiger partial charge in [0.05, 0.1) is 19.3 Å². The van der Waals surface area contributed by atoms with Crippen LogP contribution in [0.1, 0.15) is 31.1 Å². The molecule has 1 aromatic rings. The number of carbonyl (C=O) groups excluding carboxylic acids is 2. The molecule has 0 fully saturated rings. The minimum absolute atomic E-state index is 0.0415. The second-order valence-corrected chi connectivity index (χ2v) is 4.68. The van der Waals surface area contributed by atoms with E-state index >= 15 is 0 Å². The molecular formula is C16H21NO4. The summed E-state index contributed by atoms with van der Waals surface area (Å²) in [5, 5.41) is 2.61. The lowest BCUT2D eigenvalue weighted by Gasteiger charge is -2.10. The number of amides is 1. The van der Waals surface area contributed by atoms with Crippen LogP contribution >= 0.6 is 0 Å². The van der Waals surface area contributed by atoms with Crippen molar-refractivity contribution in [1.82, 2.24) is 5.32 Å². The SMILES string of the molecule is CCOC(=O)/C(=C\NC(=O)c1ccc(OC)cc1)C(C)C. The molecule has 0 bridgehead atoms. The van der Waals surface area contributed by atoms with Crippen LogP contribution < -0.4 is 10.1 Å². The van der Waals surface area contributed by atoms with Gasteiger partial charge in [0.1, 0.15) is 5.75 Å². The van der Waals surface area contributed by atoms with Crippen LogP contribution in [0.2, 0.25) is 0 Å².